The van der Waals surface area contributed by atoms with Gasteiger partial charge in [0.1, 0.15) is 12.0 Å². The average molecular weight is 342 g/mol. The molecule has 2 N–H and O–H groups in total. The first-order valence-electron chi connectivity index (χ1n) is 7.86. The van der Waals surface area contributed by atoms with Gasteiger partial charge in [-0.05, 0) is 19.0 Å². The van der Waals surface area contributed by atoms with Gasteiger partial charge in [-0.2, -0.15) is 0 Å². The molecule has 1 aromatic carbocycles. The number of hydrogen-bond acceptors (Lipinski definition) is 5. The fourth-order valence-corrected chi connectivity index (χ4v) is 3.74. The van der Waals surface area contributed by atoms with E-state index in [1.807, 2.05) is 37.4 Å². The Bertz CT molecular complexity index is 527. The van der Waals surface area contributed by atoms with Crippen molar-refractivity contribution in [1.29, 1.82) is 0 Å². The van der Waals surface area contributed by atoms with Crippen LogP contribution in [0.1, 0.15) is 30.7 Å². The second-order valence-electron chi connectivity index (χ2n) is 6.37. The molecule has 3 rings (SSSR count). The summed E-state index contributed by atoms with van der Waals surface area (Å²) < 4.78 is 5.64. The normalized spacial score (nSPS) is 31.3. The molecule has 2 heterocycles. The number of aliphatic hydroxyl groups excluding tert-OH is 2. The number of hydrogen-bond donors (Lipinski definition) is 2. The molecule has 2 aliphatic heterocycles. The Hall–Kier alpha value is -1.14. The monoisotopic (exact) mass is 341 g/mol. The second-order valence-corrected chi connectivity index (χ2v) is 6.37. The summed E-state index contributed by atoms with van der Waals surface area (Å²) in [5.41, 5.74) is 0.769. The van der Waals surface area contributed by atoms with Gasteiger partial charge in [0.15, 0.2) is 0 Å². The Morgan fingerprint density at radius 3 is 2.61 bits per heavy atom. The summed E-state index contributed by atoms with van der Waals surface area (Å²) in [6.45, 7) is -0.259. The van der Waals surface area contributed by atoms with Crippen LogP contribution in [0.4, 0.5) is 0 Å². The topological polar surface area (TPSA) is 70.0 Å². The molecule has 0 aliphatic carbocycles. The van der Waals surface area contributed by atoms with Crippen molar-refractivity contribution in [3.63, 3.8) is 0 Å². The van der Waals surface area contributed by atoms with E-state index in [4.69, 9.17) is 4.74 Å². The molecule has 0 saturated carbocycles. The van der Waals surface area contributed by atoms with Crippen LogP contribution in [0.25, 0.3) is 0 Å². The van der Waals surface area contributed by atoms with Crippen molar-refractivity contribution < 1.29 is 19.7 Å². The molecule has 0 aromatic heterocycles. The smallest absolute Gasteiger partial charge is 0.316 e. The minimum Gasteiger partial charge on any atom is -0.462 e. The van der Waals surface area contributed by atoms with E-state index >= 15 is 0 Å². The van der Waals surface area contributed by atoms with E-state index in [-0.39, 0.29) is 49.3 Å². The highest BCUT2D eigenvalue weighted by Crippen LogP contribution is 2.36. The van der Waals surface area contributed by atoms with E-state index in [2.05, 4.69) is 4.90 Å². The third-order valence-corrected chi connectivity index (χ3v) is 5.05. The quantitative estimate of drug-likeness (QED) is 0.808. The molecule has 2 aliphatic rings. The number of piperidine rings is 1. The molecule has 0 amide bonds. The number of esters is 1. The fraction of sp³-hybridized carbons (Fsp3) is 0.588. The van der Waals surface area contributed by atoms with Crippen LogP contribution in [0.3, 0.4) is 0 Å². The van der Waals surface area contributed by atoms with Gasteiger partial charge in [0.05, 0.1) is 12.7 Å². The van der Waals surface area contributed by atoms with Crippen LogP contribution < -0.4 is 0 Å². The third kappa shape index (κ3) is 3.69. The second kappa shape index (κ2) is 7.62. The molecule has 0 unspecified atom stereocenters. The van der Waals surface area contributed by atoms with Gasteiger partial charge in [0, 0.05) is 24.9 Å². The van der Waals surface area contributed by atoms with Crippen LogP contribution in [-0.4, -0.2) is 59.0 Å². The van der Waals surface area contributed by atoms with Crippen LogP contribution >= 0.6 is 12.4 Å². The van der Waals surface area contributed by atoms with Gasteiger partial charge in [-0.25, -0.2) is 0 Å². The highest BCUT2D eigenvalue weighted by Gasteiger charge is 2.45. The Labute approximate surface area is 142 Å². The van der Waals surface area contributed by atoms with Gasteiger partial charge in [0.25, 0.3) is 0 Å². The molecule has 128 valence electrons. The maximum absolute atomic E-state index is 12.4. The van der Waals surface area contributed by atoms with E-state index in [1.54, 1.807) is 0 Å². The summed E-state index contributed by atoms with van der Waals surface area (Å²) in [6.07, 6.45) is 1.66. The molecule has 1 aromatic rings. The largest absolute Gasteiger partial charge is 0.462 e. The Morgan fingerprint density at radius 2 is 2.00 bits per heavy atom. The number of nitrogens with zero attached hydrogens (tertiary/aromatic N) is 1. The predicted octanol–water partition coefficient (Wildman–Crippen LogP) is 1.32. The van der Waals surface area contributed by atoms with Crippen molar-refractivity contribution in [3.05, 3.63) is 35.9 Å². The number of halogens is 1. The van der Waals surface area contributed by atoms with Gasteiger partial charge >= 0.3 is 5.97 Å². The number of benzene rings is 1. The Balaban J connectivity index is 0.00000192. The molecular formula is C17H24ClNO4. The van der Waals surface area contributed by atoms with Gasteiger partial charge in [-0.3, -0.25) is 9.69 Å². The summed E-state index contributed by atoms with van der Waals surface area (Å²) in [6, 6.07) is 9.56. The summed E-state index contributed by atoms with van der Waals surface area (Å²) in [5.74, 6) is -1.01. The van der Waals surface area contributed by atoms with E-state index in [1.165, 1.54) is 0 Å². The van der Waals surface area contributed by atoms with E-state index < -0.39 is 5.92 Å². The van der Waals surface area contributed by atoms with E-state index in [0.29, 0.717) is 6.42 Å². The van der Waals surface area contributed by atoms with Gasteiger partial charge in [-0.1, -0.05) is 30.3 Å². The number of aliphatic hydroxyl groups is 2. The maximum Gasteiger partial charge on any atom is 0.316 e. The fourth-order valence-electron chi connectivity index (χ4n) is 3.74. The predicted molar refractivity (Wildman–Crippen MR) is 88.6 cm³/mol. The zero-order valence-corrected chi connectivity index (χ0v) is 14.0. The average Bonchev–Trinajstić information content (AvgIpc) is 2.68. The molecule has 5 atom stereocenters. The molecule has 2 saturated heterocycles. The molecule has 23 heavy (non-hydrogen) atoms. The SMILES string of the molecule is CN1[C@@H]2C[C@H](OC(=O)[C@H](CO)c3ccccc3)C[C@H]1[C@@H](O)C2.Cl. The lowest BCUT2D eigenvalue weighted by Gasteiger charge is -2.36. The zero-order chi connectivity index (χ0) is 15.7. The number of rotatable bonds is 4. The lowest BCUT2D eigenvalue weighted by Crippen LogP contribution is -2.45. The van der Waals surface area contributed by atoms with E-state index in [0.717, 1.165) is 18.4 Å². The maximum atomic E-state index is 12.4. The summed E-state index contributed by atoms with van der Waals surface area (Å²) in [7, 11) is 2.02. The highest BCUT2D eigenvalue weighted by atomic mass is 35.5. The zero-order valence-electron chi connectivity index (χ0n) is 13.2. The molecular weight excluding hydrogens is 318 g/mol. The molecule has 0 spiro atoms. The first-order valence-corrected chi connectivity index (χ1v) is 7.86. The minimum absolute atomic E-state index is 0. The highest BCUT2D eigenvalue weighted by molar-refractivity contribution is 5.85. The van der Waals surface area contributed by atoms with Crippen molar-refractivity contribution in [2.24, 2.45) is 0 Å². The summed E-state index contributed by atoms with van der Waals surface area (Å²) in [5, 5.41) is 19.6. The van der Waals surface area contributed by atoms with Crippen LogP contribution in [0.5, 0.6) is 0 Å². The lowest BCUT2D eigenvalue weighted by molar-refractivity contribution is -0.155. The Kier molecular flexibility index (Phi) is 6.03. The molecule has 2 bridgehead atoms. The third-order valence-electron chi connectivity index (χ3n) is 5.05. The first kappa shape index (κ1) is 18.2. The number of carbonyl (C=O) groups excluding carboxylic acids is 1. The minimum atomic E-state index is -0.636. The number of carbonyl (C=O) groups is 1. The van der Waals surface area contributed by atoms with Crippen LogP contribution in [0, 0.1) is 0 Å². The standard InChI is InChI=1S/C17H23NO4.ClH/c1-18-12-7-13(9-15(18)16(20)8-12)22-17(21)14(10-19)11-5-3-2-4-6-11;/h2-6,12-16,19-20H,7-10H2,1H3;1H/t12-,13+,14-,15+,16+;/m1./s1. The number of ether oxygens (including phenoxy) is 1. The Morgan fingerprint density at radius 1 is 1.30 bits per heavy atom. The van der Waals surface area contributed by atoms with Gasteiger partial charge < -0.3 is 14.9 Å². The summed E-state index contributed by atoms with van der Waals surface area (Å²) in [4.78, 5) is 14.6. The van der Waals surface area contributed by atoms with Crippen LogP contribution in [0.2, 0.25) is 0 Å². The lowest BCUT2D eigenvalue weighted by atomic mass is 9.98. The van der Waals surface area contributed by atoms with Crippen LogP contribution in [-0.2, 0) is 9.53 Å². The number of fused-ring (bicyclic) bond motifs is 2. The van der Waals surface area contributed by atoms with Crippen molar-refractivity contribution in [1.82, 2.24) is 4.90 Å². The first-order chi connectivity index (χ1) is 10.6. The number of likely N-dealkylation sites (N-methyl/N-ethyl adjacent to an activating group) is 1. The molecule has 0 radical (unpaired) electrons. The van der Waals surface area contributed by atoms with Crippen molar-refractivity contribution in [3.8, 4) is 0 Å². The van der Waals surface area contributed by atoms with E-state index in [9.17, 15) is 15.0 Å². The molecule has 2 fully saturated rings. The molecule has 6 heteroatoms. The van der Waals surface area contributed by atoms with Crippen molar-refractivity contribution >= 4 is 18.4 Å². The summed E-state index contributed by atoms with van der Waals surface area (Å²) >= 11 is 0. The van der Waals surface area contributed by atoms with Crippen molar-refractivity contribution in [2.75, 3.05) is 13.7 Å². The van der Waals surface area contributed by atoms with Crippen molar-refractivity contribution in [2.45, 2.75) is 49.5 Å². The van der Waals surface area contributed by atoms with Gasteiger partial charge in [0.2, 0.25) is 0 Å². The van der Waals surface area contributed by atoms with Gasteiger partial charge in [-0.15, -0.1) is 12.4 Å². The van der Waals surface area contributed by atoms with Crippen LogP contribution in [0.15, 0.2) is 30.3 Å². The molecule has 5 nitrogen and oxygen atoms in total.